The number of ether oxygens (including phenoxy) is 1. The lowest BCUT2D eigenvalue weighted by molar-refractivity contribution is -0.148. The third-order valence-corrected chi connectivity index (χ3v) is 3.29. The molecule has 0 heterocycles. The average molecular weight is 238 g/mol. The molecule has 1 saturated carbocycles. The minimum absolute atomic E-state index is 0.0397. The van der Waals surface area contributed by atoms with Crippen LogP contribution in [-0.2, 0) is 10.2 Å². The third kappa shape index (κ3) is 1.82. The number of phenolic OH excluding ortho intramolecular Hbond substituents is 1. The quantitative estimate of drug-likeness (QED) is 0.724. The van der Waals surface area contributed by atoms with E-state index in [0.717, 1.165) is 0 Å². The molecule has 1 aromatic rings. The summed E-state index contributed by atoms with van der Waals surface area (Å²) in [6.07, 6.45) is -0.373. The van der Waals surface area contributed by atoms with Crippen molar-refractivity contribution < 1.29 is 24.9 Å². The van der Waals surface area contributed by atoms with Crippen molar-refractivity contribution in [2.75, 3.05) is 7.11 Å². The molecule has 5 nitrogen and oxygen atoms in total. The Kier molecular flexibility index (Phi) is 2.71. The predicted octanol–water partition coefficient (Wildman–Crippen LogP) is 0.878. The fourth-order valence-electron chi connectivity index (χ4n) is 2.12. The van der Waals surface area contributed by atoms with E-state index in [2.05, 4.69) is 0 Å². The second-order valence-electron chi connectivity index (χ2n) is 4.28. The average Bonchev–Trinajstić information content (AvgIpc) is 3.09. The Morgan fingerprint density at radius 3 is 2.53 bits per heavy atom. The summed E-state index contributed by atoms with van der Waals surface area (Å²) in [7, 11) is 1.48. The van der Waals surface area contributed by atoms with Gasteiger partial charge in [-0.2, -0.15) is 0 Å². The molecule has 0 aliphatic heterocycles. The van der Waals surface area contributed by atoms with Crippen LogP contribution >= 0.6 is 0 Å². The van der Waals surface area contributed by atoms with Crippen molar-refractivity contribution >= 4 is 5.97 Å². The van der Waals surface area contributed by atoms with E-state index in [1.54, 1.807) is 12.1 Å². The van der Waals surface area contributed by atoms with Crippen molar-refractivity contribution in [2.24, 2.45) is 0 Å². The topological polar surface area (TPSA) is 87.0 Å². The maximum absolute atomic E-state index is 10.8. The molecule has 3 N–H and O–H groups in total. The van der Waals surface area contributed by atoms with E-state index in [0.29, 0.717) is 24.2 Å². The minimum atomic E-state index is -1.48. The zero-order valence-electron chi connectivity index (χ0n) is 9.38. The molecule has 5 heteroatoms. The number of carbonyl (C=O) groups is 1. The molecule has 1 aliphatic rings. The monoisotopic (exact) mass is 238 g/mol. The number of carboxylic acids is 1. The van der Waals surface area contributed by atoms with E-state index >= 15 is 0 Å². The van der Waals surface area contributed by atoms with Gasteiger partial charge in [0.05, 0.1) is 7.11 Å². The lowest BCUT2D eigenvalue weighted by atomic mass is 9.89. The standard InChI is InChI=1S/C12H14O5/c1-17-7-2-3-8(9(13)6-7)12(4-5-12)10(14)11(15)16/h2-3,6,10,13-14H,4-5H2,1H3,(H,15,16). The molecule has 0 amide bonds. The van der Waals surface area contributed by atoms with Crippen LogP contribution in [0.1, 0.15) is 18.4 Å². The summed E-state index contributed by atoms with van der Waals surface area (Å²) in [6, 6.07) is 4.67. The smallest absolute Gasteiger partial charge is 0.333 e. The van der Waals surface area contributed by atoms with E-state index < -0.39 is 17.5 Å². The van der Waals surface area contributed by atoms with Crippen LogP contribution in [0.4, 0.5) is 0 Å². The highest BCUT2D eigenvalue weighted by Crippen LogP contribution is 2.54. The highest BCUT2D eigenvalue weighted by atomic mass is 16.5. The Bertz CT molecular complexity index is 450. The number of aromatic hydroxyl groups is 1. The van der Waals surface area contributed by atoms with Gasteiger partial charge in [-0.25, -0.2) is 4.79 Å². The maximum atomic E-state index is 10.8. The maximum Gasteiger partial charge on any atom is 0.333 e. The fourth-order valence-corrected chi connectivity index (χ4v) is 2.12. The predicted molar refractivity (Wildman–Crippen MR) is 59.2 cm³/mol. The van der Waals surface area contributed by atoms with E-state index in [1.165, 1.54) is 13.2 Å². The normalized spacial score (nSPS) is 18.5. The Morgan fingerprint density at radius 2 is 2.12 bits per heavy atom. The van der Waals surface area contributed by atoms with Crippen molar-refractivity contribution in [3.8, 4) is 11.5 Å². The zero-order valence-corrected chi connectivity index (χ0v) is 9.38. The van der Waals surface area contributed by atoms with Gasteiger partial charge in [0.2, 0.25) is 0 Å². The van der Waals surface area contributed by atoms with Crippen LogP contribution in [-0.4, -0.2) is 34.5 Å². The molecule has 0 spiro atoms. The first-order valence-electron chi connectivity index (χ1n) is 5.29. The number of aliphatic hydroxyl groups is 1. The molecule has 1 unspecified atom stereocenters. The lowest BCUT2D eigenvalue weighted by Crippen LogP contribution is -2.33. The number of carboxylic acid groups (broad SMARTS) is 1. The number of benzene rings is 1. The summed E-state index contributed by atoms with van der Waals surface area (Å²) < 4.78 is 4.95. The number of methoxy groups -OCH3 is 1. The van der Waals surface area contributed by atoms with Gasteiger partial charge in [-0.3, -0.25) is 0 Å². The van der Waals surface area contributed by atoms with Crippen LogP contribution < -0.4 is 4.74 Å². The molecule has 17 heavy (non-hydrogen) atoms. The van der Waals surface area contributed by atoms with Gasteiger partial charge in [-0.15, -0.1) is 0 Å². The molecule has 0 radical (unpaired) electrons. The highest BCUT2D eigenvalue weighted by Gasteiger charge is 2.54. The molecule has 0 bridgehead atoms. The Morgan fingerprint density at radius 1 is 1.47 bits per heavy atom. The van der Waals surface area contributed by atoms with Crippen LogP contribution in [0.5, 0.6) is 11.5 Å². The van der Waals surface area contributed by atoms with Crippen molar-refractivity contribution in [2.45, 2.75) is 24.4 Å². The summed E-state index contributed by atoms with van der Waals surface area (Å²) in [5.74, 6) is -0.813. The molecule has 0 aromatic heterocycles. The highest BCUT2D eigenvalue weighted by molar-refractivity contribution is 5.76. The molecule has 1 fully saturated rings. The SMILES string of the molecule is COc1ccc(C2(C(O)C(=O)O)CC2)c(O)c1. The van der Waals surface area contributed by atoms with Gasteiger partial charge in [0.25, 0.3) is 0 Å². The summed E-state index contributed by atoms with van der Waals surface area (Å²) in [5.41, 5.74) is -0.379. The van der Waals surface area contributed by atoms with Crippen molar-refractivity contribution in [1.29, 1.82) is 0 Å². The van der Waals surface area contributed by atoms with E-state index in [-0.39, 0.29) is 5.75 Å². The Balaban J connectivity index is 2.37. The van der Waals surface area contributed by atoms with Gasteiger partial charge in [0.1, 0.15) is 11.5 Å². The van der Waals surface area contributed by atoms with Crippen LogP contribution in [0, 0.1) is 0 Å². The van der Waals surface area contributed by atoms with Gasteiger partial charge in [0.15, 0.2) is 6.10 Å². The Hall–Kier alpha value is -1.75. The van der Waals surface area contributed by atoms with Crippen LogP contribution in [0.15, 0.2) is 18.2 Å². The molecule has 0 saturated heterocycles. The molecule has 1 atom stereocenters. The molecule has 92 valence electrons. The van der Waals surface area contributed by atoms with Crippen molar-refractivity contribution in [1.82, 2.24) is 0 Å². The second-order valence-corrected chi connectivity index (χ2v) is 4.28. The van der Waals surface area contributed by atoms with Crippen molar-refractivity contribution in [3.05, 3.63) is 23.8 Å². The van der Waals surface area contributed by atoms with Crippen LogP contribution in [0.25, 0.3) is 0 Å². The summed E-state index contributed by atoms with van der Waals surface area (Å²) in [4.78, 5) is 10.8. The zero-order chi connectivity index (χ0) is 12.6. The molecule has 2 rings (SSSR count). The summed E-state index contributed by atoms with van der Waals surface area (Å²) in [5, 5.41) is 28.4. The second kappa shape index (κ2) is 3.92. The number of hydrogen-bond acceptors (Lipinski definition) is 4. The first-order chi connectivity index (χ1) is 8.01. The van der Waals surface area contributed by atoms with Crippen LogP contribution in [0.3, 0.4) is 0 Å². The molecular weight excluding hydrogens is 224 g/mol. The summed E-state index contributed by atoms with van der Waals surface area (Å²) in [6.45, 7) is 0. The van der Waals surface area contributed by atoms with E-state index in [9.17, 15) is 15.0 Å². The number of phenols is 1. The minimum Gasteiger partial charge on any atom is -0.508 e. The Labute approximate surface area is 98.3 Å². The molecular formula is C12H14O5. The van der Waals surface area contributed by atoms with E-state index in [4.69, 9.17) is 9.84 Å². The third-order valence-electron chi connectivity index (χ3n) is 3.29. The van der Waals surface area contributed by atoms with Gasteiger partial charge in [-0.1, -0.05) is 6.07 Å². The first kappa shape index (κ1) is 11.7. The number of hydrogen-bond donors (Lipinski definition) is 3. The fraction of sp³-hybridized carbons (Fsp3) is 0.417. The number of rotatable bonds is 4. The molecule has 1 aliphatic carbocycles. The van der Waals surface area contributed by atoms with Crippen LogP contribution in [0.2, 0.25) is 0 Å². The van der Waals surface area contributed by atoms with E-state index in [1.807, 2.05) is 0 Å². The molecule has 1 aromatic carbocycles. The lowest BCUT2D eigenvalue weighted by Gasteiger charge is -2.20. The van der Waals surface area contributed by atoms with Gasteiger partial charge < -0.3 is 20.1 Å². The first-order valence-corrected chi connectivity index (χ1v) is 5.29. The summed E-state index contributed by atoms with van der Waals surface area (Å²) >= 11 is 0. The number of aliphatic hydroxyl groups excluding tert-OH is 1. The van der Waals surface area contributed by atoms with Gasteiger partial charge in [0, 0.05) is 17.0 Å². The van der Waals surface area contributed by atoms with Gasteiger partial charge in [-0.05, 0) is 18.9 Å². The van der Waals surface area contributed by atoms with Gasteiger partial charge >= 0.3 is 5.97 Å². The largest absolute Gasteiger partial charge is 0.508 e. The number of aliphatic carboxylic acids is 1. The van der Waals surface area contributed by atoms with Crippen molar-refractivity contribution in [3.63, 3.8) is 0 Å².